The van der Waals surface area contributed by atoms with Crippen molar-refractivity contribution in [1.29, 1.82) is 0 Å². The number of sulfone groups is 1. The molecule has 234 valence electrons. The van der Waals surface area contributed by atoms with Gasteiger partial charge in [0.25, 0.3) is 0 Å². The van der Waals surface area contributed by atoms with Gasteiger partial charge >= 0.3 is 5.97 Å². The molecule has 0 aliphatic heterocycles. The first-order valence-electron chi connectivity index (χ1n) is 14.5. The fourth-order valence-electron chi connectivity index (χ4n) is 5.03. The van der Waals surface area contributed by atoms with Gasteiger partial charge in [0.15, 0.2) is 9.84 Å². The molecule has 0 fully saturated rings. The minimum absolute atomic E-state index is 0.00390. The molecule has 0 spiro atoms. The third-order valence-corrected chi connectivity index (χ3v) is 9.56. The molecular formula is C31H44F2N2O6S. The Balaban J connectivity index is 2.26. The molecule has 1 amide bonds. The number of amides is 1. The van der Waals surface area contributed by atoms with Gasteiger partial charge in [-0.1, -0.05) is 57.9 Å². The van der Waals surface area contributed by atoms with Gasteiger partial charge in [-0.05, 0) is 54.5 Å². The minimum Gasteiger partial charge on any atom is -0.481 e. The largest absolute Gasteiger partial charge is 0.481 e. The van der Waals surface area contributed by atoms with Crippen molar-refractivity contribution in [2.45, 2.75) is 89.7 Å². The van der Waals surface area contributed by atoms with Crippen molar-refractivity contribution in [3.63, 3.8) is 0 Å². The number of aliphatic hydroxyl groups excluding tert-OH is 1. The summed E-state index contributed by atoms with van der Waals surface area (Å²) in [6.07, 6.45) is 0.758. The van der Waals surface area contributed by atoms with Gasteiger partial charge in [-0.15, -0.1) is 0 Å². The molecule has 0 radical (unpaired) electrons. The van der Waals surface area contributed by atoms with Crippen molar-refractivity contribution in [3.05, 3.63) is 70.8 Å². The second kappa shape index (κ2) is 17.3. The van der Waals surface area contributed by atoms with Crippen molar-refractivity contribution in [1.82, 2.24) is 10.6 Å². The highest BCUT2D eigenvalue weighted by molar-refractivity contribution is 7.92. The molecule has 0 aromatic heterocycles. The number of carboxylic acid groups (broad SMARTS) is 1. The van der Waals surface area contributed by atoms with E-state index in [4.69, 9.17) is 0 Å². The lowest BCUT2D eigenvalue weighted by Gasteiger charge is -2.27. The van der Waals surface area contributed by atoms with Crippen LogP contribution in [0.2, 0.25) is 0 Å². The number of carbonyl (C=O) groups is 2. The summed E-state index contributed by atoms with van der Waals surface area (Å²) in [7, 11) is -3.81. The maximum absolute atomic E-state index is 13.9. The number of carboxylic acids is 1. The van der Waals surface area contributed by atoms with Gasteiger partial charge in [-0.25, -0.2) is 17.2 Å². The van der Waals surface area contributed by atoms with Crippen molar-refractivity contribution < 1.29 is 37.0 Å². The maximum Gasteiger partial charge on any atom is 0.304 e. The van der Waals surface area contributed by atoms with Crippen LogP contribution in [0.3, 0.4) is 0 Å². The summed E-state index contributed by atoms with van der Waals surface area (Å²) in [4.78, 5) is 25.0. The Bertz CT molecular complexity index is 1250. The highest BCUT2D eigenvalue weighted by Gasteiger charge is 2.34. The predicted octanol–water partition coefficient (Wildman–Crippen LogP) is 4.18. The standard InChI is InChI=1S/C31H44F2N2O6S/c1-4-8-27(9-5-2)42(40,41)20-24(16-30(37)38)31(39)35-28(15-23-13-25(32)17-26(33)14-23)29(36)19-34-18-22-11-7-10-21(6-3)12-22/h7,10-14,17,24,27-29,34,36H,4-6,8-9,15-16,18-20H2,1-3H3,(H,35,39)(H,37,38)/t24?,28-,29+/m0/s1. The highest BCUT2D eigenvalue weighted by Crippen LogP contribution is 2.21. The van der Waals surface area contributed by atoms with Crippen LogP contribution < -0.4 is 10.6 Å². The fraction of sp³-hybridized carbons (Fsp3) is 0.548. The van der Waals surface area contributed by atoms with E-state index in [0.29, 0.717) is 38.3 Å². The third-order valence-electron chi connectivity index (χ3n) is 7.21. The number of nitrogens with one attached hydrogen (secondary N) is 2. The summed E-state index contributed by atoms with van der Waals surface area (Å²) in [6, 6.07) is 9.66. The van der Waals surface area contributed by atoms with E-state index >= 15 is 0 Å². The lowest BCUT2D eigenvalue weighted by molar-refractivity contribution is -0.141. The Morgan fingerprint density at radius 2 is 1.55 bits per heavy atom. The van der Waals surface area contributed by atoms with Crippen molar-refractivity contribution >= 4 is 21.7 Å². The number of aryl methyl sites for hydroxylation is 1. The molecule has 3 atom stereocenters. The number of rotatable bonds is 19. The van der Waals surface area contributed by atoms with E-state index in [9.17, 15) is 37.0 Å². The molecule has 11 heteroatoms. The number of carbonyl (C=O) groups excluding carboxylic acids is 1. The number of hydrogen-bond acceptors (Lipinski definition) is 6. The van der Waals surface area contributed by atoms with Crippen LogP contribution in [0, 0.1) is 17.6 Å². The number of benzene rings is 2. The average Bonchev–Trinajstić information content (AvgIpc) is 2.91. The summed E-state index contributed by atoms with van der Waals surface area (Å²) in [5, 5.41) is 25.5. The normalized spacial score (nSPS) is 14.0. The van der Waals surface area contributed by atoms with Gasteiger partial charge in [0.2, 0.25) is 5.91 Å². The molecule has 0 saturated carbocycles. The van der Waals surface area contributed by atoms with Crippen LogP contribution in [0.25, 0.3) is 0 Å². The first-order chi connectivity index (χ1) is 19.9. The van der Waals surface area contributed by atoms with Gasteiger partial charge in [-0.3, -0.25) is 9.59 Å². The molecule has 0 aliphatic carbocycles. The monoisotopic (exact) mass is 610 g/mol. The summed E-state index contributed by atoms with van der Waals surface area (Å²) in [5.74, 6) is -5.92. The van der Waals surface area contributed by atoms with Gasteiger partial charge in [-0.2, -0.15) is 0 Å². The van der Waals surface area contributed by atoms with Gasteiger partial charge < -0.3 is 20.8 Å². The Hall–Kier alpha value is -2.89. The third kappa shape index (κ3) is 11.8. The Kier molecular flexibility index (Phi) is 14.5. The number of hydrogen-bond donors (Lipinski definition) is 4. The second-order valence-electron chi connectivity index (χ2n) is 10.8. The summed E-state index contributed by atoms with van der Waals surface area (Å²) >= 11 is 0. The van der Waals surface area contributed by atoms with Gasteiger partial charge in [0.05, 0.1) is 35.5 Å². The summed E-state index contributed by atoms with van der Waals surface area (Å²) < 4.78 is 54.2. The molecule has 0 aliphatic rings. The van der Waals surface area contributed by atoms with Gasteiger partial charge in [0.1, 0.15) is 11.6 Å². The topological polar surface area (TPSA) is 133 Å². The maximum atomic E-state index is 13.9. The molecule has 0 heterocycles. The Morgan fingerprint density at radius 1 is 0.929 bits per heavy atom. The van der Waals surface area contributed by atoms with Crippen LogP contribution >= 0.6 is 0 Å². The van der Waals surface area contributed by atoms with Crippen molar-refractivity contribution in [2.75, 3.05) is 12.3 Å². The molecule has 2 aromatic rings. The van der Waals surface area contributed by atoms with E-state index < -0.39 is 68.8 Å². The van der Waals surface area contributed by atoms with E-state index in [1.165, 1.54) is 0 Å². The van der Waals surface area contributed by atoms with Crippen LogP contribution in [0.1, 0.15) is 69.6 Å². The molecule has 8 nitrogen and oxygen atoms in total. The molecule has 0 bridgehead atoms. The van der Waals surface area contributed by atoms with Crippen LogP contribution in [0.15, 0.2) is 42.5 Å². The molecule has 2 aromatic carbocycles. The summed E-state index contributed by atoms with van der Waals surface area (Å²) in [5.41, 5.74) is 2.29. The lowest BCUT2D eigenvalue weighted by atomic mass is 9.98. The Labute approximate surface area is 247 Å². The van der Waals surface area contributed by atoms with Crippen molar-refractivity contribution in [3.8, 4) is 0 Å². The van der Waals surface area contributed by atoms with Crippen LogP contribution in [0.5, 0.6) is 0 Å². The van der Waals surface area contributed by atoms with Crippen LogP contribution in [-0.4, -0.2) is 60.2 Å². The van der Waals surface area contributed by atoms with E-state index in [-0.39, 0.29) is 18.5 Å². The van der Waals surface area contributed by atoms with Crippen molar-refractivity contribution in [2.24, 2.45) is 5.92 Å². The van der Waals surface area contributed by atoms with E-state index in [1.54, 1.807) is 0 Å². The molecule has 2 rings (SSSR count). The quantitative estimate of drug-likeness (QED) is 0.188. The van der Waals surface area contributed by atoms with Crippen LogP contribution in [-0.2, 0) is 38.8 Å². The smallest absolute Gasteiger partial charge is 0.304 e. The number of aliphatic hydroxyl groups is 1. The average molecular weight is 611 g/mol. The zero-order valence-corrected chi connectivity index (χ0v) is 25.4. The van der Waals surface area contributed by atoms with E-state index in [0.717, 1.165) is 29.7 Å². The number of aliphatic carboxylic acids is 1. The van der Waals surface area contributed by atoms with E-state index in [2.05, 4.69) is 10.6 Å². The predicted molar refractivity (Wildman–Crippen MR) is 159 cm³/mol. The molecular weight excluding hydrogens is 566 g/mol. The first kappa shape index (κ1) is 35.3. The SMILES string of the molecule is CCCC(CCC)S(=O)(=O)CC(CC(=O)O)C(=O)N[C@@H](Cc1cc(F)cc(F)c1)[C@H](O)CNCc1cccc(CC)c1. The molecule has 4 N–H and O–H groups in total. The molecule has 0 saturated heterocycles. The number of halogens is 2. The lowest BCUT2D eigenvalue weighted by Crippen LogP contribution is -2.51. The zero-order chi connectivity index (χ0) is 31.3. The second-order valence-corrected chi connectivity index (χ2v) is 13.1. The summed E-state index contributed by atoms with van der Waals surface area (Å²) in [6.45, 7) is 6.16. The van der Waals surface area contributed by atoms with Crippen LogP contribution in [0.4, 0.5) is 8.78 Å². The Morgan fingerprint density at radius 3 is 2.12 bits per heavy atom. The molecule has 1 unspecified atom stereocenters. The fourth-order valence-corrected chi connectivity index (χ4v) is 7.33. The molecule has 42 heavy (non-hydrogen) atoms. The first-order valence-corrected chi connectivity index (χ1v) is 16.2. The van der Waals surface area contributed by atoms with E-state index in [1.807, 2.05) is 45.0 Å². The zero-order valence-electron chi connectivity index (χ0n) is 24.6. The van der Waals surface area contributed by atoms with Gasteiger partial charge in [0, 0.05) is 19.2 Å². The minimum atomic E-state index is -3.81. The highest BCUT2D eigenvalue weighted by atomic mass is 32.2.